The van der Waals surface area contributed by atoms with E-state index in [1.165, 1.54) is 6.92 Å². The van der Waals surface area contributed by atoms with Crippen molar-refractivity contribution in [3.63, 3.8) is 0 Å². The Labute approximate surface area is 167 Å². The largest absolute Gasteiger partial charge is 0.481 e. The summed E-state index contributed by atoms with van der Waals surface area (Å²) >= 11 is 0. The molecule has 0 aliphatic heterocycles. The number of nitrogens with two attached hydrogens (primary N) is 2. The zero-order valence-corrected chi connectivity index (χ0v) is 16.1. The van der Waals surface area contributed by atoms with Crippen molar-refractivity contribution in [2.75, 3.05) is 13.2 Å². The Morgan fingerprint density at radius 2 is 1.48 bits per heavy atom. The van der Waals surface area contributed by atoms with E-state index in [2.05, 4.69) is 16.0 Å². The Kier molecular flexibility index (Phi) is 12.1. The molecule has 166 valence electrons. The first-order valence-corrected chi connectivity index (χ1v) is 8.95. The number of carboxylic acids is 2. The maximum Gasteiger partial charge on any atom is 0.326 e. The van der Waals surface area contributed by atoms with Gasteiger partial charge in [0.2, 0.25) is 17.7 Å². The van der Waals surface area contributed by atoms with Gasteiger partial charge in [0.25, 0.3) is 0 Å². The Morgan fingerprint density at radius 3 is 1.97 bits per heavy atom. The lowest BCUT2D eigenvalue weighted by molar-refractivity contribution is -0.143. The number of carbonyl (C=O) groups is 5. The van der Waals surface area contributed by atoms with Crippen molar-refractivity contribution >= 4 is 29.7 Å². The van der Waals surface area contributed by atoms with E-state index in [0.29, 0.717) is 19.4 Å². The van der Waals surface area contributed by atoms with Crippen molar-refractivity contribution < 1.29 is 39.3 Å². The summed E-state index contributed by atoms with van der Waals surface area (Å²) in [5, 5.41) is 33.6. The first kappa shape index (κ1) is 26.2. The Hall–Kier alpha value is -2.77. The topological polar surface area (TPSA) is 234 Å². The van der Waals surface area contributed by atoms with Gasteiger partial charge in [0.15, 0.2) is 0 Å². The number of hydrogen-bond donors (Lipinski definition) is 8. The number of amides is 3. The lowest BCUT2D eigenvalue weighted by atomic mass is 10.1. The fourth-order valence-corrected chi connectivity index (χ4v) is 2.17. The van der Waals surface area contributed by atoms with E-state index in [1.807, 2.05) is 0 Å². The molecule has 0 aromatic heterocycles. The van der Waals surface area contributed by atoms with Gasteiger partial charge in [-0.2, -0.15) is 0 Å². The van der Waals surface area contributed by atoms with Crippen LogP contribution in [0.15, 0.2) is 0 Å². The van der Waals surface area contributed by atoms with Gasteiger partial charge in [0.1, 0.15) is 24.2 Å². The number of unbranched alkanes of at least 4 members (excludes halogenated alkanes) is 1. The van der Waals surface area contributed by atoms with Gasteiger partial charge in [-0.1, -0.05) is 0 Å². The number of aliphatic hydroxyl groups is 1. The van der Waals surface area contributed by atoms with Gasteiger partial charge < -0.3 is 42.7 Å². The van der Waals surface area contributed by atoms with Crippen LogP contribution in [-0.4, -0.2) is 82.3 Å². The molecular weight excluding hydrogens is 390 g/mol. The highest BCUT2D eigenvalue weighted by Crippen LogP contribution is 2.03. The molecule has 13 nitrogen and oxygen atoms in total. The monoisotopic (exact) mass is 419 g/mol. The van der Waals surface area contributed by atoms with E-state index in [1.54, 1.807) is 0 Å². The summed E-state index contributed by atoms with van der Waals surface area (Å²) in [6, 6.07) is -5.29. The minimum Gasteiger partial charge on any atom is -0.481 e. The van der Waals surface area contributed by atoms with Gasteiger partial charge in [-0.15, -0.1) is 0 Å². The van der Waals surface area contributed by atoms with Crippen molar-refractivity contribution in [2.24, 2.45) is 11.5 Å². The lowest BCUT2D eigenvalue weighted by Crippen LogP contribution is -2.57. The lowest BCUT2D eigenvalue weighted by Gasteiger charge is -2.22. The minimum atomic E-state index is -1.57. The second kappa shape index (κ2) is 13.4. The van der Waals surface area contributed by atoms with Crippen LogP contribution in [0.5, 0.6) is 0 Å². The highest BCUT2D eigenvalue weighted by molar-refractivity contribution is 5.95. The Morgan fingerprint density at radius 1 is 0.897 bits per heavy atom. The van der Waals surface area contributed by atoms with Crippen LogP contribution in [0.1, 0.15) is 32.6 Å². The van der Waals surface area contributed by atoms with Gasteiger partial charge in [-0.05, 0) is 32.7 Å². The molecule has 0 aromatic carbocycles. The average molecular weight is 419 g/mol. The van der Waals surface area contributed by atoms with Gasteiger partial charge in [-0.25, -0.2) is 4.79 Å². The summed E-state index contributed by atoms with van der Waals surface area (Å²) in [5.41, 5.74) is 10.7. The van der Waals surface area contributed by atoms with Gasteiger partial charge >= 0.3 is 11.9 Å². The fraction of sp³-hybridized carbons (Fsp3) is 0.688. The molecule has 0 saturated heterocycles. The third-order valence-corrected chi connectivity index (χ3v) is 3.86. The number of aliphatic carboxylic acids is 2. The molecule has 0 radical (unpaired) electrons. The second-order valence-electron chi connectivity index (χ2n) is 6.36. The predicted octanol–water partition coefficient (Wildman–Crippen LogP) is -3.53. The number of nitrogens with one attached hydrogen (secondary N) is 3. The van der Waals surface area contributed by atoms with Crippen LogP contribution < -0.4 is 27.4 Å². The summed E-state index contributed by atoms with van der Waals surface area (Å²) < 4.78 is 0. The highest BCUT2D eigenvalue weighted by Gasteiger charge is 2.30. The quantitative estimate of drug-likeness (QED) is 0.129. The first-order chi connectivity index (χ1) is 13.5. The molecule has 0 bridgehead atoms. The minimum absolute atomic E-state index is 0.0809. The van der Waals surface area contributed by atoms with E-state index in [9.17, 15) is 29.1 Å². The molecule has 4 atom stereocenters. The maximum atomic E-state index is 12.3. The third-order valence-electron chi connectivity index (χ3n) is 3.86. The molecule has 29 heavy (non-hydrogen) atoms. The van der Waals surface area contributed by atoms with E-state index in [-0.39, 0.29) is 6.42 Å². The van der Waals surface area contributed by atoms with Crippen molar-refractivity contribution in [1.29, 1.82) is 0 Å². The number of carbonyl (C=O) groups excluding carboxylic acids is 3. The molecule has 0 saturated carbocycles. The molecule has 10 N–H and O–H groups in total. The van der Waals surface area contributed by atoms with Gasteiger partial charge in [-0.3, -0.25) is 19.2 Å². The summed E-state index contributed by atoms with van der Waals surface area (Å²) in [5.74, 6) is -5.42. The summed E-state index contributed by atoms with van der Waals surface area (Å²) in [4.78, 5) is 58.5. The van der Waals surface area contributed by atoms with Crippen molar-refractivity contribution in [3.05, 3.63) is 0 Å². The SMILES string of the molecule is CC(NC(=O)C(N)CO)C(=O)NC(CC(=O)O)C(=O)NC(CCCCN)C(=O)O. The van der Waals surface area contributed by atoms with Crippen LogP contribution in [0.3, 0.4) is 0 Å². The van der Waals surface area contributed by atoms with E-state index in [4.69, 9.17) is 21.7 Å². The molecule has 13 heteroatoms. The maximum absolute atomic E-state index is 12.3. The number of rotatable bonds is 14. The van der Waals surface area contributed by atoms with Crippen LogP contribution in [0.2, 0.25) is 0 Å². The number of aliphatic hydroxyl groups excluding tert-OH is 1. The zero-order valence-electron chi connectivity index (χ0n) is 16.1. The smallest absolute Gasteiger partial charge is 0.326 e. The molecule has 0 aliphatic carbocycles. The van der Waals surface area contributed by atoms with E-state index < -0.39 is 66.9 Å². The van der Waals surface area contributed by atoms with Crippen molar-refractivity contribution in [1.82, 2.24) is 16.0 Å². The predicted molar refractivity (Wildman–Crippen MR) is 99.3 cm³/mol. The van der Waals surface area contributed by atoms with E-state index in [0.717, 1.165) is 0 Å². The van der Waals surface area contributed by atoms with Crippen molar-refractivity contribution in [3.8, 4) is 0 Å². The van der Waals surface area contributed by atoms with Gasteiger partial charge in [0, 0.05) is 0 Å². The normalized spacial score (nSPS) is 14.8. The summed E-state index contributed by atoms with van der Waals surface area (Å²) in [6.45, 7) is 0.965. The number of hydrogen-bond acceptors (Lipinski definition) is 8. The third kappa shape index (κ3) is 10.4. The molecule has 0 fully saturated rings. The fourth-order valence-electron chi connectivity index (χ4n) is 2.17. The molecule has 0 rings (SSSR count). The van der Waals surface area contributed by atoms with Crippen LogP contribution in [0.25, 0.3) is 0 Å². The summed E-state index contributed by atoms with van der Waals surface area (Å²) in [7, 11) is 0. The van der Waals surface area contributed by atoms with Crippen LogP contribution in [0, 0.1) is 0 Å². The standard InChI is InChI=1S/C16H29N5O8/c1-8(19-14(26)9(18)7-22)13(25)21-11(6-12(23)24)15(27)20-10(16(28)29)4-2-3-5-17/h8-11,22H,2-7,17-18H2,1H3,(H,19,26)(H,20,27)(H,21,25)(H,23,24)(H,28,29). The van der Waals surface area contributed by atoms with Crippen LogP contribution >= 0.6 is 0 Å². The molecule has 0 spiro atoms. The highest BCUT2D eigenvalue weighted by atomic mass is 16.4. The summed E-state index contributed by atoms with van der Waals surface area (Å²) in [6.07, 6.45) is 0.251. The molecule has 0 aromatic rings. The number of carboxylic acid groups (broad SMARTS) is 2. The molecule has 0 aliphatic rings. The van der Waals surface area contributed by atoms with Crippen molar-refractivity contribution in [2.45, 2.75) is 56.8 Å². The van der Waals surface area contributed by atoms with Crippen LogP contribution in [-0.2, 0) is 24.0 Å². The average Bonchev–Trinajstić information content (AvgIpc) is 2.65. The molecule has 0 heterocycles. The Bertz CT molecular complexity index is 600. The molecular formula is C16H29N5O8. The molecule has 3 amide bonds. The van der Waals surface area contributed by atoms with E-state index >= 15 is 0 Å². The Balaban J connectivity index is 5.06. The first-order valence-electron chi connectivity index (χ1n) is 8.95. The van der Waals surface area contributed by atoms with Crippen LogP contribution in [0.4, 0.5) is 0 Å². The molecule has 4 unspecified atom stereocenters. The second-order valence-corrected chi connectivity index (χ2v) is 6.36. The van der Waals surface area contributed by atoms with Gasteiger partial charge in [0.05, 0.1) is 13.0 Å². The zero-order chi connectivity index (χ0) is 22.6.